The fraction of sp³-hybridized carbons (Fsp3) is 0.368. The average molecular weight is 361 g/mol. The van der Waals surface area contributed by atoms with E-state index in [4.69, 9.17) is 11.6 Å². The molecule has 0 spiro atoms. The maximum atomic E-state index is 11.7. The molecule has 1 aromatic carbocycles. The van der Waals surface area contributed by atoms with Crippen LogP contribution in [0.25, 0.3) is 0 Å². The van der Waals surface area contributed by atoms with E-state index < -0.39 is 18.1 Å². The summed E-state index contributed by atoms with van der Waals surface area (Å²) in [7, 11) is 0. The van der Waals surface area contributed by atoms with Crippen LogP contribution >= 0.6 is 11.6 Å². The molecule has 0 radical (unpaired) electrons. The van der Waals surface area contributed by atoms with Crippen LogP contribution in [0.4, 0.5) is 0 Å². The van der Waals surface area contributed by atoms with Gasteiger partial charge in [0.05, 0.1) is 6.10 Å². The van der Waals surface area contributed by atoms with E-state index in [0.29, 0.717) is 23.7 Å². The molecule has 0 bridgehead atoms. The third kappa shape index (κ3) is 4.18. The van der Waals surface area contributed by atoms with E-state index in [-0.39, 0.29) is 5.92 Å². The minimum atomic E-state index is -0.871. The van der Waals surface area contributed by atoms with E-state index in [0.717, 1.165) is 18.4 Å². The standard InChI is InChI=1S/C19H21ClN2O3/c20-16-5-3-13(4-6-16)18(23)14-7-10-22(11-8-14)17(19(24)25)15-2-1-9-21-12-15/h1-6,9,12,14,17-18,23H,7-8,10-11H2,(H,24,25). The number of carbonyl (C=O) groups is 1. The Morgan fingerprint density at radius 1 is 1.16 bits per heavy atom. The predicted octanol–water partition coefficient (Wildman–Crippen LogP) is 3.31. The second-order valence-electron chi connectivity index (χ2n) is 6.40. The molecule has 0 amide bonds. The lowest BCUT2D eigenvalue weighted by atomic mass is 9.86. The van der Waals surface area contributed by atoms with Gasteiger partial charge in [-0.15, -0.1) is 0 Å². The summed E-state index contributed by atoms with van der Waals surface area (Å²) in [6, 6.07) is 10.1. The van der Waals surface area contributed by atoms with Gasteiger partial charge < -0.3 is 10.2 Å². The average Bonchev–Trinajstić information content (AvgIpc) is 2.63. The van der Waals surface area contributed by atoms with Crippen molar-refractivity contribution >= 4 is 17.6 Å². The number of likely N-dealkylation sites (tertiary alicyclic amines) is 1. The van der Waals surface area contributed by atoms with E-state index in [9.17, 15) is 15.0 Å². The molecular formula is C19H21ClN2O3. The summed E-state index contributed by atoms with van der Waals surface area (Å²) in [4.78, 5) is 17.7. The highest BCUT2D eigenvalue weighted by Crippen LogP contribution is 2.34. The summed E-state index contributed by atoms with van der Waals surface area (Å²) < 4.78 is 0. The van der Waals surface area contributed by atoms with Gasteiger partial charge in [0, 0.05) is 17.4 Å². The molecule has 5 nitrogen and oxygen atoms in total. The molecule has 2 atom stereocenters. The Labute approximate surface area is 151 Å². The van der Waals surface area contributed by atoms with Crippen molar-refractivity contribution in [3.05, 3.63) is 64.9 Å². The van der Waals surface area contributed by atoms with Gasteiger partial charge in [0.15, 0.2) is 0 Å². The van der Waals surface area contributed by atoms with Gasteiger partial charge in [-0.1, -0.05) is 29.8 Å². The van der Waals surface area contributed by atoms with Crippen molar-refractivity contribution in [2.75, 3.05) is 13.1 Å². The number of halogens is 1. The number of aliphatic hydroxyl groups is 1. The molecule has 132 valence electrons. The highest BCUT2D eigenvalue weighted by Gasteiger charge is 2.33. The molecule has 2 aromatic rings. The Hall–Kier alpha value is -1.95. The van der Waals surface area contributed by atoms with Gasteiger partial charge in [-0.2, -0.15) is 0 Å². The third-order valence-electron chi connectivity index (χ3n) is 4.83. The first kappa shape index (κ1) is 17.9. The second kappa shape index (κ2) is 7.95. The molecular weight excluding hydrogens is 340 g/mol. The number of carboxylic acid groups (broad SMARTS) is 1. The van der Waals surface area contributed by atoms with Crippen LogP contribution in [-0.4, -0.2) is 39.2 Å². The number of rotatable bonds is 5. The van der Waals surface area contributed by atoms with Gasteiger partial charge in [-0.05, 0) is 61.2 Å². The van der Waals surface area contributed by atoms with Crippen molar-refractivity contribution < 1.29 is 15.0 Å². The number of aromatic nitrogens is 1. The lowest BCUT2D eigenvalue weighted by Crippen LogP contribution is -2.41. The van der Waals surface area contributed by atoms with Gasteiger partial charge in [0.25, 0.3) is 0 Å². The van der Waals surface area contributed by atoms with E-state index >= 15 is 0 Å². The Bertz CT molecular complexity index is 700. The van der Waals surface area contributed by atoms with Crippen LogP contribution in [0.5, 0.6) is 0 Å². The Morgan fingerprint density at radius 2 is 1.84 bits per heavy atom. The largest absolute Gasteiger partial charge is 0.480 e. The van der Waals surface area contributed by atoms with E-state index in [1.54, 1.807) is 36.7 Å². The minimum absolute atomic E-state index is 0.112. The van der Waals surface area contributed by atoms with Crippen LogP contribution in [0.15, 0.2) is 48.8 Å². The van der Waals surface area contributed by atoms with Crippen molar-refractivity contribution in [2.45, 2.75) is 25.0 Å². The molecule has 25 heavy (non-hydrogen) atoms. The Balaban J connectivity index is 1.66. The molecule has 1 aliphatic rings. The first-order valence-electron chi connectivity index (χ1n) is 8.36. The molecule has 3 rings (SSSR count). The van der Waals surface area contributed by atoms with Crippen molar-refractivity contribution in [3.8, 4) is 0 Å². The summed E-state index contributed by atoms with van der Waals surface area (Å²) >= 11 is 5.89. The summed E-state index contributed by atoms with van der Waals surface area (Å²) in [6.07, 6.45) is 4.17. The van der Waals surface area contributed by atoms with Gasteiger partial charge >= 0.3 is 5.97 Å². The number of aliphatic hydroxyl groups excluding tert-OH is 1. The zero-order valence-corrected chi connectivity index (χ0v) is 14.5. The fourth-order valence-electron chi connectivity index (χ4n) is 3.47. The summed E-state index contributed by atoms with van der Waals surface area (Å²) in [5, 5.41) is 20.9. The quantitative estimate of drug-likeness (QED) is 0.855. The Morgan fingerprint density at radius 3 is 2.40 bits per heavy atom. The van der Waals surface area contributed by atoms with Crippen LogP contribution in [0.3, 0.4) is 0 Å². The Kier molecular flexibility index (Phi) is 5.68. The van der Waals surface area contributed by atoms with Gasteiger partial charge in [-0.25, -0.2) is 0 Å². The van der Waals surface area contributed by atoms with Crippen molar-refractivity contribution in [3.63, 3.8) is 0 Å². The fourth-order valence-corrected chi connectivity index (χ4v) is 3.60. The van der Waals surface area contributed by atoms with Gasteiger partial charge in [0.2, 0.25) is 0 Å². The summed E-state index contributed by atoms with van der Waals surface area (Å²) in [5.41, 5.74) is 1.54. The van der Waals surface area contributed by atoms with Crippen molar-refractivity contribution in [1.82, 2.24) is 9.88 Å². The van der Waals surface area contributed by atoms with E-state index in [2.05, 4.69) is 4.98 Å². The van der Waals surface area contributed by atoms with Crippen LogP contribution in [0.2, 0.25) is 5.02 Å². The molecule has 1 aliphatic heterocycles. The van der Waals surface area contributed by atoms with E-state index in [1.165, 1.54) is 0 Å². The third-order valence-corrected chi connectivity index (χ3v) is 5.08. The van der Waals surface area contributed by atoms with Crippen LogP contribution < -0.4 is 0 Å². The van der Waals surface area contributed by atoms with E-state index in [1.807, 2.05) is 17.0 Å². The molecule has 1 saturated heterocycles. The zero-order valence-electron chi connectivity index (χ0n) is 13.8. The lowest BCUT2D eigenvalue weighted by molar-refractivity contribution is -0.144. The van der Waals surface area contributed by atoms with Crippen LogP contribution in [-0.2, 0) is 4.79 Å². The number of piperidine rings is 1. The first-order valence-corrected chi connectivity index (χ1v) is 8.74. The molecule has 0 aliphatic carbocycles. The number of aliphatic carboxylic acids is 1. The summed E-state index contributed by atoms with van der Waals surface area (Å²) in [5.74, 6) is -0.759. The second-order valence-corrected chi connectivity index (χ2v) is 6.83. The van der Waals surface area contributed by atoms with Crippen molar-refractivity contribution in [2.24, 2.45) is 5.92 Å². The molecule has 0 saturated carbocycles. The first-order chi connectivity index (χ1) is 12.1. The number of benzene rings is 1. The van der Waals surface area contributed by atoms with Crippen molar-refractivity contribution in [1.29, 1.82) is 0 Å². The number of nitrogens with zero attached hydrogens (tertiary/aromatic N) is 2. The molecule has 2 heterocycles. The SMILES string of the molecule is O=C(O)C(c1cccnc1)N1CCC(C(O)c2ccc(Cl)cc2)CC1. The van der Waals surface area contributed by atoms with Crippen LogP contribution in [0.1, 0.15) is 36.1 Å². The van der Waals surface area contributed by atoms with Crippen LogP contribution in [0, 0.1) is 5.92 Å². The number of carboxylic acids is 1. The molecule has 6 heteroatoms. The van der Waals surface area contributed by atoms with Gasteiger partial charge in [0.1, 0.15) is 6.04 Å². The smallest absolute Gasteiger partial charge is 0.325 e. The lowest BCUT2D eigenvalue weighted by Gasteiger charge is -2.37. The maximum Gasteiger partial charge on any atom is 0.325 e. The number of hydrogen-bond donors (Lipinski definition) is 2. The monoisotopic (exact) mass is 360 g/mol. The highest BCUT2D eigenvalue weighted by atomic mass is 35.5. The molecule has 1 aromatic heterocycles. The molecule has 1 fully saturated rings. The maximum absolute atomic E-state index is 11.7. The van der Waals surface area contributed by atoms with Gasteiger partial charge in [-0.3, -0.25) is 14.7 Å². The number of hydrogen-bond acceptors (Lipinski definition) is 4. The normalized spacial score (nSPS) is 18.6. The number of pyridine rings is 1. The zero-order chi connectivity index (χ0) is 17.8. The topological polar surface area (TPSA) is 73.7 Å². The summed E-state index contributed by atoms with van der Waals surface area (Å²) in [6.45, 7) is 1.25. The predicted molar refractivity (Wildman–Crippen MR) is 95.3 cm³/mol. The highest BCUT2D eigenvalue weighted by molar-refractivity contribution is 6.30. The molecule has 2 N–H and O–H groups in total. The minimum Gasteiger partial charge on any atom is -0.480 e. The molecule has 2 unspecified atom stereocenters.